The van der Waals surface area contributed by atoms with Crippen molar-refractivity contribution < 1.29 is 22.7 Å². The summed E-state index contributed by atoms with van der Waals surface area (Å²) in [6.07, 6.45) is 0. The molecule has 1 N–H and O–H groups in total. The standard InChI is InChI=1S/C23H22N2O5S/c1-16-11-13-18(14-12-16)25(2)31(28,29)19-8-6-7-17(15-19)22(26)24-21-10-5-4-9-20(21)23(27)30-3/h4-15H,1-3H3,(H,24,26). The first-order valence-corrected chi connectivity index (χ1v) is 10.8. The van der Waals surface area contributed by atoms with Crippen molar-refractivity contribution in [3.8, 4) is 0 Å². The van der Waals surface area contributed by atoms with E-state index in [1.54, 1.807) is 30.3 Å². The SMILES string of the molecule is COC(=O)c1ccccc1NC(=O)c1cccc(S(=O)(=O)N(C)c2ccc(C)cc2)c1. The number of hydrogen-bond donors (Lipinski definition) is 1. The molecule has 1 amide bonds. The van der Waals surface area contributed by atoms with E-state index in [9.17, 15) is 18.0 Å². The average Bonchev–Trinajstić information content (AvgIpc) is 2.79. The molecular formula is C23H22N2O5S. The fourth-order valence-electron chi connectivity index (χ4n) is 2.92. The number of amides is 1. The number of hydrogen-bond acceptors (Lipinski definition) is 5. The van der Waals surface area contributed by atoms with Gasteiger partial charge in [-0.1, -0.05) is 35.9 Å². The number of carbonyl (C=O) groups is 2. The summed E-state index contributed by atoms with van der Waals surface area (Å²) in [6, 6.07) is 19.2. The van der Waals surface area contributed by atoms with Gasteiger partial charge in [-0.05, 0) is 49.4 Å². The highest BCUT2D eigenvalue weighted by molar-refractivity contribution is 7.92. The molecule has 0 aliphatic rings. The topological polar surface area (TPSA) is 92.8 Å². The van der Waals surface area contributed by atoms with Crippen LogP contribution in [0.1, 0.15) is 26.3 Å². The minimum absolute atomic E-state index is 0.0236. The maximum absolute atomic E-state index is 13.1. The van der Waals surface area contributed by atoms with Crippen LogP contribution in [0.25, 0.3) is 0 Å². The molecule has 3 rings (SSSR count). The van der Waals surface area contributed by atoms with Gasteiger partial charge in [0.05, 0.1) is 28.9 Å². The molecule has 160 valence electrons. The number of rotatable bonds is 6. The molecule has 0 spiro atoms. The molecule has 0 aliphatic carbocycles. The van der Waals surface area contributed by atoms with Crippen molar-refractivity contribution in [3.63, 3.8) is 0 Å². The second-order valence-electron chi connectivity index (χ2n) is 6.83. The Balaban J connectivity index is 1.89. The van der Waals surface area contributed by atoms with Crippen LogP contribution in [-0.2, 0) is 14.8 Å². The number of anilines is 2. The highest BCUT2D eigenvalue weighted by Crippen LogP contribution is 2.24. The molecule has 0 bridgehead atoms. The third-order valence-corrected chi connectivity index (χ3v) is 6.51. The highest BCUT2D eigenvalue weighted by atomic mass is 32.2. The first-order chi connectivity index (χ1) is 14.7. The van der Waals surface area contributed by atoms with Crippen LogP contribution in [0.3, 0.4) is 0 Å². The van der Waals surface area contributed by atoms with E-state index < -0.39 is 21.9 Å². The van der Waals surface area contributed by atoms with Crippen molar-refractivity contribution >= 4 is 33.3 Å². The van der Waals surface area contributed by atoms with E-state index in [2.05, 4.69) is 5.32 Å². The van der Waals surface area contributed by atoms with Gasteiger partial charge in [0.15, 0.2) is 0 Å². The zero-order valence-electron chi connectivity index (χ0n) is 17.3. The molecule has 0 aliphatic heterocycles. The van der Waals surface area contributed by atoms with E-state index >= 15 is 0 Å². The molecule has 0 unspecified atom stereocenters. The molecule has 7 nitrogen and oxygen atoms in total. The van der Waals surface area contributed by atoms with Crippen LogP contribution in [0.5, 0.6) is 0 Å². The van der Waals surface area contributed by atoms with E-state index in [4.69, 9.17) is 4.74 Å². The van der Waals surface area contributed by atoms with E-state index in [0.29, 0.717) is 5.69 Å². The van der Waals surface area contributed by atoms with Crippen molar-refractivity contribution in [3.05, 3.63) is 89.5 Å². The first kappa shape index (κ1) is 22.0. The molecule has 0 aromatic heterocycles. The third kappa shape index (κ3) is 4.75. The van der Waals surface area contributed by atoms with Crippen LogP contribution >= 0.6 is 0 Å². The molecular weight excluding hydrogens is 416 g/mol. The summed E-state index contributed by atoms with van der Waals surface area (Å²) in [5, 5.41) is 2.64. The Hall–Kier alpha value is -3.65. The maximum Gasteiger partial charge on any atom is 0.339 e. The summed E-state index contributed by atoms with van der Waals surface area (Å²) in [5.41, 5.74) is 2.12. The zero-order chi connectivity index (χ0) is 22.6. The van der Waals surface area contributed by atoms with Gasteiger partial charge in [-0.3, -0.25) is 9.10 Å². The number of esters is 1. The molecule has 0 radical (unpaired) electrons. The van der Waals surface area contributed by atoms with Crippen molar-refractivity contribution in [2.45, 2.75) is 11.8 Å². The number of benzene rings is 3. The number of sulfonamides is 1. The number of carbonyl (C=O) groups excluding carboxylic acids is 2. The molecule has 8 heteroatoms. The Labute approximate surface area is 181 Å². The third-order valence-electron chi connectivity index (χ3n) is 4.73. The lowest BCUT2D eigenvalue weighted by Gasteiger charge is -2.20. The Morgan fingerprint density at radius 2 is 1.61 bits per heavy atom. The minimum Gasteiger partial charge on any atom is -0.465 e. The second-order valence-corrected chi connectivity index (χ2v) is 8.80. The number of nitrogens with zero attached hydrogens (tertiary/aromatic N) is 1. The van der Waals surface area contributed by atoms with Gasteiger partial charge in [-0.2, -0.15) is 0 Å². The summed E-state index contributed by atoms with van der Waals surface area (Å²) in [6.45, 7) is 1.92. The van der Waals surface area contributed by atoms with E-state index in [-0.39, 0.29) is 21.7 Å². The predicted molar refractivity (Wildman–Crippen MR) is 119 cm³/mol. The molecule has 0 saturated heterocycles. The normalized spacial score (nSPS) is 10.9. The monoisotopic (exact) mass is 438 g/mol. The Bertz CT molecular complexity index is 1220. The van der Waals surface area contributed by atoms with Crippen molar-refractivity contribution in [1.82, 2.24) is 0 Å². The van der Waals surface area contributed by atoms with Gasteiger partial charge in [-0.15, -0.1) is 0 Å². The predicted octanol–water partition coefficient (Wildman–Crippen LogP) is 3.86. The number of aryl methyl sites for hydroxylation is 1. The zero-order valence-corrected chi connectivity index (χ0v) is 18.1. The van der Waals surface area contributed by atoms with Gasteiger partial charge in [0.25, 0.3) is 15.9 Å². The van der Waals surface area contributed by atoms with Gasteiger partial charge in [0, 0.05) is 12.6 Å². The van der Waals surface area contributed by atoms with Gasteiger partial charge in [0.2, 0.25) is 0 Å². The van der Waals surface area contributed by atoms with Gasteiger partial charge in [0.1, 0.15) is 0 Å². The summed E-state index contributed by atoms with van der Waals surface area (Å²) in [5.74, 6) is -1.14. The summed E-state index contributed by atoms with van der Waals surface area (Å²) < 4.78 is 32.0. The number of methoxy groups -OCH3 is 1. The molecule has 0 fully saturated rings. The molecule has 0 saturated carbocycles. The van der Waals surface area contributed by atoms with E-state index in [1.807, 2.05) is 19.1 Å². The average molecular weight is 439 g/mol. The Kier molecular flexibility index (Phi) is 6.41. The number of ether oxygens (including phenoxy) is 1. The number of nitrogens with one attached hydrogen (secondary N) is 1. The largest absolute Gasteiger partial charge is 0.465 e. The van der Waals surface area contributed by atoms with Gasteiger partial charge >= 0.3 is 5.97 Å². The molecule has 31 heavy (non-hydrogen) atoms. The Morgan fingerprint density at radius 1 is 0.935 bits per heavy atom. The molecule has 3 aromatic carbocycles. The quantitative estimate of drug-likeness (QED) is 0.590. The van der Waals surface area contributed by atoms with Crippen LogP contribution in [0.2, 0.25) is 0 Å². The summed E-state index contributed by atoms with van der Waals surface area (Å²) >= 11 is 0. The van der Waals surface area contributed by atoms with Crippen molar-refractivity contribution in [1.29, 1.82) is 0 Å². The second kappa shape index (κ2) is 9.01. The van der Waals surface area contributed by atoms with E-state index in [0.717, 1.165) is 9.87 Å². The lowest BCUT2D eigenvalue weighted by Crippen LogP contribution is -2.27. The van der Waals surface area contributed by atoms with Crippen LogP contribution in [-0.4, -0.2) is 34.5 Å². The Morgan fingerprint density at radius 3 is 2.29 bits per heavy atom. The molecule has 0 atom stereocenters. The van der Waals surface area contributed by atoms with Crippen molar-refractivity contribution in [2.24, 2.45) is 0 Å². The first-order valence-electron chi connectivity index (χ1n) is 9.38. The summed E-state index contributed by atoms with van der Waals surface area (Å²) in [4.78, 5) is 24.6. The number of para-hydroxylation sites is 1. The van der Waals surface area contributed by atoms with Gasteiger partial charge in [-0.25, -0.2) is 13.2 Å². The minimum atomic E-state index is -3.88. The summed E-state index contributed by atoms with van der Waals surface area (Å²) in [7, 11) is -1.17. The van der Waals surface area contributed by atoms with E-state index in [1.165, 1.54) is 44.5 Å². The van der Waals surface area contributed by atoms with Gasteiger partial charge < -0.3 is 10.1 Å². The molecule has 0 heterocycles. The lowest BCUT2D eigenvalue weighted by molar-refractivity contribution is 0.0602. The fourth-order valence-corrected chi connectivity index (χ4v) is 4.17. The van der Waals surface area contributed by atoms with Crippen LogP contribution in [0.4, 0.5) is 11.4 Å². The van der Waals surface area contributed by atoms with Crippen molar-refractivity contribution in [2.75, 3.05) is 23.8 Å². The smallest absolute Gasteiger partial charge is 0.339 e. The van der Waals surface area contributed by atoms with Crippen LogP contribution < -0.4 is 9.62 Å². The molecule has 3 aromatic rings. The lowest BCUT2D eigenvalue weighted by atomic mass is 10.1. The van der Waals surface area contributed by atoms with Crippen LogP contribution in [0.15, 0.2) is 77.7 Å². The fraction of sp³-hybridized carbons (Fsp3) is 0.130. The highest BCUT2D eigenvalue weighted by Gasteiger charge is 2.23. The van der Waals surface area contributed by atoms with Crippen LogP contribution in [0, 0.1) is 6.92 Å². The maximum atomic E-state index is 13.1.